The fourth-order valence-corrected chi connectivity index (χ4v) is 2.34. The summed E-state index contributed by atoms with van der Waals surface area (Å²) in [7, 11) is 0. The zero-order valence-corrected chi connectivity index (χ0v) is 10.8. The van der Waals surface area contributed by atoms with Crippen LogP contribution in [0.4, 0.5) is 11.4 Å². The second kappa shape index (κ2) is 6.17. The lowest BCUT2D eigenvalue weighted by Crippen LogP contribution is -2.09. The minimum absolute atomic E-state index is 0.0333. The number of hydrazine groups is 1. The number of nitrogens with one attached hydrogen (secondary N) is 1. The molecule has 2 rings (SSSR count). The van der Waals surface area contributed by atoms with Crippen molar-refractivity contribution in [3.8, 4) is 0 Å². The van der Waals surface area contributed by atoms with Gasteiger partial charge in [0.15, 0.2) is 0 Å². The topological polar surface area (TPSA) is 94.1 Å². The van der Waals surface area contributed by atoms with Gasteiger partial charge in [0.05, 0.1) is 9.95 Å². The van der Waals surface area contributed by atoms with Gasteiger partial charge in [-0.1, -0.05) is 12.1 Å². The normalized spacial score (nSPS) is 10.2. The molecular formula is C12H12N4O2S. The predicted molar refractivity (Wildman–Crippen MR) is 74.7 cm³/mol. The van der Waals surface area contributed by atoms with Crippen LogP contribution in [0.25, 0.3) is 0 Å². The number of thioether (sulfide) groups is 1. The highest BCUT2D eigenvalue weighted by atomic mass is 32.2. The highest BCUT2D eigenvalue weighted by molar-refractivity contribution is 7.98. The molecule has 19 heavy (non-hydrogen) atoms. The molecule has 98 valence electrons. The fourth-order valence-electron chi connectivity index (χ4n) is 1.54. The molecule has 0 radical (unpaired) electrons. The number of nitro benzene ring substituents is 1. The van der Waals surface area contributed by atoms with E-state index in [2.05, 4.69) is 10.4 Å². The fraction of sp³-hybridized carbons (Fsp3) is 0.0833. The molecule has 0 atom stereocenters. The second-order valence-electron chi connectivity index (χ2n) is 3.71. The summed E-state index contributed by atoms with van der Waals surface area (Å²) in [4.78, 5) is 14.5. The van der Waals surface area contributed by atoms with Gasteiger partial charge < -0.3 is 5.43 Å². The Hall–Kier alpha value is -2.12. The first-order valence-corrected chi connectivity index (χ1v) is 6.47. The van der Waals surface area contributed by atoms with E-state index in [0.29, 0.717) is 11.4 Å². The highest BCUT2D eigenvalue weighted by Gasteiger charge is 2.13. The summed E-state index contributed by atoms with van der Waals surface area (Å²) < 4.78 is 0. The number of anilines is 1. The lowest BCUT2D eigenvalue weighted by molar-refractivity contribution is -0.384. The third kappa shape index (κ3) is 3.43. The van der Waals surface area contributed by atoms with Crippen molar-refractivity contribution in [2.75, 3.05) is 5.43 Å². The maximum atomic E-state index is 10.8. The molecule has 2 aromatic rings. The van der Waals surface area contributed by atoms with Gasteiger partial charge in [-0.05, 0) is 23.8 Å². The number of nitrogens with zero attached hydrogens (tertiary/aromatic N) is 2. The maximum absolute atomic E-state index is 10.8. The molecule has 6 nitrogen and oxygen atoms in total. The van der Waals surface area contributed by atoms with Crippen LogP contribution in [0.1, 0.15) is 5.56 Å². The minimum Gasteiger partial charge on any atom is -0.318 e. The van der Waals surface area contributed by atoms with Gasteiger partial charge in [-0.15, -0.1) is 11.8 Å². The van der Waals surface area contributed by atoms with Gasteiger partial charge in [-0.25, -0.2) is 4.98 Å². The van der Waals surface area contributed by atoms with Crippen LogP contribution in [-0.2, 0) is 5.75 Å². The Morgan fingerprint density at radius 1 is 1.37 bits per heavy atom. The molecule has 0 fully saturated rings. The van der Waals surface area contributed by atoms with Crippen LogP contribution in [-0.4, -0.2) is 9.91 Å². The van der Waals surface area contributed by atoms with Crippen molar-refractivity contribution in [3.63, 3.8) is 0 Å². The smallest absolute Gasteiger partial charge is 0.293 e. The van der Waals surface area contributed by atoms with Crippen LogP contribution in [0.3, 0.4) is 0 Å². The van der Waals surface area contributed by atoms with E-state index in [1.165, 1.54) is 6.07 Å². The van der Waals surface area contributed by atoms with Gasteiger partial charge in [0.1, 0.15) is 5.69 Å². The predicted octanol–water partition coefficient (Wildman–Crippen LogP) is 2.57. The molecule has 0 saturated carbocycles. The molecule has 3 N–H and O–H groups in total. The lowest BCUT2D eigenvalue weighted by Gasteiger charge is -2.05. The highest BCUT2D eigenvalue weighted by Crippen LogP contribution is 2.27. The first-order valence-electron chi connectivity index (χ1n) is 5.48. The largest absolute Gasteiger partial charge is 0.318 e. The third-order valence-electron chi connectivity index (χ3n) is 2.44. The molecule has 0 aliphatic rings. The Balaban J connectivity index is 2.11. The monoisotopic (exact) mass is 276 g/mol. The Labute approximate surface area is 114 Å². The van der Waals surface area contributed by atoms with Crippen LogP contribution >= 0.6 is 11.8 Å². The van der Waals surface area contributed by atoms with E-state index in [-0.39, 0.29) is 5.69 Å². The molecule has 0 spiro atoms. The number of nitro groups is 1. The number of nitrogen functional groups attached to an aromatic ring is 1. The van der Waals surface area contributed by atoms with Crippen molar-refractivity contribution in [3.05, 3.63) is 58.3 Å². The quantitative estimate of drug-likeness (QED) is 0.377. The van der Waals surface area contributed by atoms with Crippen molar-refractivity contribution in [2.45, 2.75) is 10.8 Å². The van der Waals surface area contributed by atoms with Crippen molar-refractivity contribution in [1.29, 1.82) is 0 Å². The van der Waals surface area contributed by atoms with E-state index < -0.39 is 4.92 Å². The molecule has 0 amide bonds. The van der Waals surface area contributed by atoms with E-state index in [9.17, 15) is 10.1 Å². The molecule has 1 heterocycles. The zero-order chi connectivity index (χ0) is 13.7. The van der Waals surface area contributed by atoms with Crippen LogP contribution in [0.15, 0.2) is 47.6 Å². The standard InChI is InChI=1S/C12H12N4O2S/c13-15-10-7-9(4-5-11(10)16(17)18)8-19-12-3-1-2-6-14-12/h1-7,15H,8,13H2. The second-order valence-corrected chi connectivity index (χ2v) is 4.71. The van der Waals surface area contributed by atoms with Gasteiger partial charge in [-0.2, -0.15) is 0 Å². The van der Waals surface area contributed by atoms with Crippen LogP contribution in [0, 0.1) is 10.1 Å². The first-order chi connectivity index (χ1) is 9.20. The van der Waals surface area contributed by atoms with Crippen molar-refractivity contribution >= 4 is 23.1 Å². The lowest BCUT2D eigenvalue weighted by atomic mass is 10.2. The molecule has 7 heteroatoms. The average molecular weight is 276 g/mol. The Morgan fingerprint density at radius 3 is 2.84 bits per heavy atom. The number of pyridine rings is 1. The Morgan fingerprint density at radius 2 is 2.21 bits per heavy atom. The van der Waals surface area contributed by atoms with Gasteiger partial charge >= 0.3 is 0 Å². The number of hydrogen-bond acceptors (Lipinski definition) is 6. The van der Waals surface area contributed by atoms with E-state index in [1.807, 2.05) is 18.2 Å². The summed E-state index contributed by atoms with van der Waals surface area (Å²) in [6.45, 7) is 0. The average Bonchev–Trinajstić information content (AvgIpc) is 2.45. The van der Waals surface area contributed by atoms with Crippen LogP contribution < -0.4 is 11.3 Å². The van der Waals surface area contributed by atoms with E-state index in [0.717, 1.165) is 10.6 Å². The number of nitrogens with two attached hydrogens (primary N) is 1. The molecule has 0 unspecified atom stereocenters. The summed E-state index contributed by atoms with van der Waals surface area (Å²) >= 11 is 1.56. The number of aromatic nitrogens is 1. The number of rotatable bonds is 5. The van der Waals surface area contributed by atoms with Gasteiger partial charge in [0, 0.05) is 18.0 Å². The molecule has 1 aromatic heterocycles. The first kappa shape index (κ1) is 13.3. The minimum atomic E-state index is -0.467. The third-order valence-corrected chi connectivity index (χ3v) is 3.45. The summed E-state index contributed by atoms with van der Waals surface area (Å²) in [5.74, 6) is 5.96. The summed E-state index contributed by atoms with van der Waals surface area (Å²) in [5.41, 5.74) is 3.56. The molecule has 0 aliphatic carbocycles. The molecule has 0 saturated heterocycles. The van der Waals surface area contributed by atoms with E-state index in [4.69, 9.17) is 5.84 Å². The molecule has 1 aromatic carbocycles. The molecule has 0 bridgehead atoms. The van der Waals surface area contributed by atoms with E-state index in [1.54, 1.807) is 30.1 Å². The summed E-state index contributed by atoms with van der Waals surface area (Å²) in [6.07, 6.45) is 1.73. The van der Waals surface area contributed by atoms with Gasteiger partial charge in [-0.3, -0.25) is 16.0 Å². The van der Waals surface area contributed by atoms with Crippen molar-refractivity contribution in [2.24, 2.45) is 5.84 Å². The molecular weight excluding hydrogens is 264 g/mol. The van der Waals surface area contributed by atoms with Gasteiger partial charge in [0.25, 0.3) is 5.69 Å². The van der Waals surface area contributed by atoms with Crippen LogP contribution in [0.5, 0.6) is 0 Å². The SMILES string of the molecule is NNc1cc(CSc2ccccn2)ccc1[N+](=O)[O-]. The van der Waals surface area contributed by atoms with E-state index >= 15 is 0 Å². The number of benzene rings is 1. The summed E-state index contributed by atoms with van der Waals surface area (Å²) in [6, 6.07) is 10.5. The maximum Gasteiger partial charge on any atom is 0.293 e. The van der Waals surface area contributed by atoms with Crippen LogP contribution in [0.2, 0.25) is 0 Å². The number of hydrogen-bond donors (Lipinski definition) is 2. The Kier molecular flexibility index (Phi) is 4.32. The summed E-state index contributed by atoms with van der Waals surface area (Å²) in [5, 5.41) is 11.7. The van der Waals surface area contributed by atoms with Crippen molar-refractivity contribution in [1.82, 2.24) is 4.98 Å². The van der Waals surface area contributed by atoms with Gasteiger partial charge in [0.2, 0.25) is 0 Å². The zero-order valence-electron chi connectivity index (χ0n) is 9.95. The Bertz CT molecular complexity index is 577. The van der Waals surface area contributed by atoms with Crippen molar-refractivity contribution < 1.29 is 4.92 Å². The molecule has 0 aliphatic heterocycles.